The maximum Gasteiger partial charge on any atom is 0.139 e. The first kappa shape index (κ1) is 16.5. The first-order valence-electron chi connectivity index (χ1n) is 8.92. The van der Waals surface area contributed by atoms with Crippen LogP contribution in [-0.2, 0) is 0 Å². The van der Waals surface area contributed by atoms with E-state index in [0.717, 1.165) is 48.0 Å². The Hall–Kier alpha value is -1.99. The Morgan fingerprint density at radius 1 is 1.36 bits per heavy atom. The Balaban J connectivity index is 1.78. The van der Waals surface area contributed by atoms with Gasteiger partial charge in [-0.2, -0.15) is 0 Å². The summed E-state index contributed by atoms with van der Waals surface area (Å²) in [6, 6.07) is 2.23. The smallest absolute Gasteiger partial charge is 0.139 e. The minimum atomic E-state index is -0.649. The van der Waals surface area contributed by atoms with Gasteiger partial charge in [0.25, 0.3) is 0 Å². The summed E-state index contributed by atoms with van der Waals surface area (Å²) in [7, 11) is 0. The van der Waals surface area contributed by atoms with Crippen LogP contribution in [0.4, 0.5) is 4.39 Å². The third kappa shape index (κ3) is 2.71. The van der Waals surface area contributed by atoms with E-state index >= 15 is 0 Å². The maximum atomic E-state index is 13.0. The molecule has 1 aliphatic heterocycles. The van der Waals surface area contributed by atoms with E-state index in [9.17, 15) is 9.50 Å². The van der Waals surface area contributed by atoms with Gasteiger partial charge in [0.05, 0.1) is 11.7 Å². The molecule has 4 rings (SSSR count). The zero-order valence-electron chi connectivity index (χ0n) is 14.6. The summed E-state index contributed by atoms with van der Waals surface area (Å²) in [6.45, 7) is 5.09. The molecule has 2 unspecified atom stereocenters. The quantitative estimate of drug-likeness (QED) is 0.763. The summed E-state index contributed by atoms with van der Waals surface area (Å²) >= 11 is 0. The highest BCUT2D eigenvalue weighted by molar-refractivity contribution is 6.01. The van der Waals surface area contributed by atoms with Crippen LogP contribution >= 0.6 is 0 Å². The predicted molar refractivity (Wildman–Crippen MR) is 95.3 cm³/mol. The zero-order chi connectivity index (χ0) is 17.6. The molecule has 0 amide bonds. The molecular weight excluding hydrogens is 321 g/mol. The zero-order valence-corrected chi connectivity index (χ0v) is 14.6. The monoisotopic (exact) mass is 345 g/mol. The van der Waals surface area contributed by atoms with Gasteiger partial charge >= 0.3 is 0 Å². The number of rotatable bonds is 4. The summed E-state index contributed by atoms with van der Waals surface area (Å²) < 4.78 is 15.1. The number of aliphatic hydroxyl groups excluding tert-OH is 1. The molecule has 1 aliphatic rings. The Kier molecular flexibility index (Phi) is 4.21. The van der Waals surface area contributed by atoms with Crippen molar-refractivity contribution in [2.45, 2.75) is 44.9 Å². The first-order valence-corrected chi connectivity index (χ1v) is 8.92. The van der Waals surface area contributed by atoms with E-state index in [2.05, 4.69) is 24.4 Å². The van der Waals surface area contributed by atoms with Gasteiger partial charge in [-0.1, -0.05) is 0 Å². The lowest BCUT2D eigenvalue weighted by molar-refractivity contribution is 0.120. The molecule has 2 N–H and O–H groups in total. The van der Waals surface area contributed by atoms with Crippen molar-refractivity contribution in [3.05, 3.63) is 24.3 Å². The lowest BCUT2D eigenvalue weighted by Crippen LogP contribution is -2.41. The van der Waals surface area contributed by atoms with Crippen LogP contribution in [0.15, 0.2) is 18.5 Å². The average Bonchev–Trinajstić information content (AvgIpc) is 3.24. The molecule has 0 bridgehead atoms. The molecule has 0 spiro atoms. The number of likely N-dealkylation sites (tertiary alicyclic amines) is 1. The molecule has 0 radical (unpaired) electrons. The maximum absolute atomic E-state index is 13.0. The van der Waals surface area contributed by atoms with Gasteiger partial charge in [-0.3, -0.25) is 4.90 Å². The second kappa shape index (κ2) is 6.38. The summed E-state index contributed by atoms with van der Waals surface area (Å²) in [5.74, 6) is 0.683. The fraction of sp³-hybridized carbons (Fsp3) is 0.556. The van der Waals surface area contributed by atoms with Gasteiger partial charge < -0.3 is 14.7 Å². The fourth-order valence-corrected chi connectivity index (χ4v) is 3.96. The molecule has 25 heavy (non-hydrogen) atoms. The number of pyridine rings is 1. The minimum Gasteiger partial charge on any atom is -0.385 e. The number of aromatic nitrogens is 4. The Labute approximate surface area is 145 Å². The molecule has 1 fully saturated rings. The third-order valence-electron chi connectivity index (χ3n) is 5.35. The molecule has 2 atom stereocenters. The summed E-state index contributed by atoms with van der Waals surface area (Å²) in [5.41, 5.74) is 2.66. The van der Waals surface area contributed by atoms with Crippen LogP contribution in [0.3, 0.4) is 0 Å². The average molecular weight is 345 g/mol. The number of fused-ring (bicyclic) bond motifs is 3. The Bertz CT molecular complexity index is 878. The van der Waals surface area contributed by atoms with Gasteiger partial charge in [0.1, 0.15) is 29.8 Å². The summed E-state index contributed by atoms with van der Waals surface area (Å²) in [6.07, 6.45) is 4.83. The number of aromatic amines is 1. The molecule has 3 aromatic heterocycles. The number of H-pyrrole nitrogens is 1. The van der Waals surface area contributed by atoms with Gasteiger partial charge in [-0.25, -0.2) is 14.4 Å². The van der Waals surface area contributed by atoms with Crippen LogP contribution in [0.25, 0.3) is 22.1 Å². The number of aliphatic hydroxyl groups is 1. The van der Waals surface area contributed by atoms with Crippen molar-refractivity contribution in [3.8, 4) is 0 Å². The van der Waals surface area contributed by atoms with Gasteiger partial charge in [0, 0.05) is 36.8 Å². The third-order valence-corrected chi connectivity index (χ3v) is 5.35. The van der Waals surface area contributed by atoms with Crippen molar-refractivity contribution in [1.82, 2.24) is 24.4 Å². The SMILES string of the molecule is CC(O)c1nc2cnc3[nH]ccc3c2n1C1CCN(C(C)CF)CC1. The van der Waals surface area contributed by atoms with Crippen LogP contribution < -0.4 is 0 Å². The van der Waals surface area contributed by atoms with Crippen molar-refractivity contribution in [1.29, 1.82) is 0 Å². The van der Waals surface area contributed by atoms with Gasteiger partial charge in [0.15, 0.2) is 0 Å². The molecule has 4 heterocycles. The molecule has 1 saturated heterocycles. The van der Waals surface area contributed by atoms with Crippen LogP contribution in [0.5, 0.6) is 0 Å². The number of piperidine rings is 1. The number of nitrogens with zero attached hydrogens (tertiary/aromatic N) is 4. The number of alkyl halides is 1. The van der Waals surface area contributed by atoms with Gasteiger partial charge in [0.2, 0.25) is 0 Å². The van der Waals surface area contributed by atoms with E-state index in [1.54, 1.807) is 13.1 Å². The largest absolute Gasteiger partial charge is 0.385 e. The van der Waals surface area contributed by atoms with Crippen LogP contribution in [0, 0.1) is 0 Å². The Morgan fingerprint density at radius 2 is 2.12 bits per heavy atom. The van der Waals surface area contributed by atoms with Gasteiger partial charge in [-0.05, 0) is 32.8 Å². The molecule has 0 aliphatic carbocycles. The lowest BCUT2D eigenvalue weighted by atomic mass is 10.0. The van der Waals surface area contributed by atoms with Crippen molar-refractivity contribution in [3.63, 3.8) is 0 Å². The first-order chi connectivity index (χ1) is 12.1. The second-order valence-electron chi connectivity index (χ2n) is 7.02. The van der Waals surface area contributed by atoms with Crippen molar-refractivity contribution in [2.75, 3.05) is 19.8 Å². The minimum absolute atomic E-state index is 0.0303. The molecule has 0 saturated carbocycles. The normalized spacial score (nSPS) is 19.7. The number of nitrogens with one attached hydrogen (secondary N) is 1. The predicted octanol–water partition coefficient (Wildman–Crippen LogP) is 2.96. The molecule has 0 aromatic carbocycles. The topological polar surface area (TPSA) is 70.0 Å². The summed E-state index contributed by atoms with van der Waals surface area (Å²) in [4.78, 5) is 14.4. The van der Waals surface area contributed by atoms with E-state index < -0.39 is 6.10 Å². The van der Waals surface area contributed by atoms with Crippen molar-refractivity contribution < 1.29 is 9.50 Å². The Morgan fingerprint density at radius 3 is 2.80 bits per heavy atom. The molecule has 3 aromatic rings. The van der Waals surface area contributed by atoms with Crippen molar-refractivity contribution >= 4 is 22.1 Å². The number of halogens is 1. The van der Waals surface area contributed by atoms with E-state index in [1.165, 1.54) is 0 Å². The summed E-state index contributed by atoms with van der Waals surface area (Å²) in [5, 5.41) is 11.3. The highest BCUT2D eigenvalue weighted by Crippen LogP contribution is 2.34. The lowest BCUT2D eigenvalue weighted by Gasteiger charge is -2.36. The molecular formula is C18H24FN5O. The van der Waals surface area contributed by atoms with Crippen LogP contribution in [-0.4, -0.2) is 55.3 Å². The standard InChI is InChI=1S/C18H24FN5O/c1-11(9-19)23-7-4-13(5-8-23)24-16-14-3-6-20-17(14)21-10-15(16)22-18(24)12(2)25/h3,6,10-13,25H,4-5,7-9H2,1-2H3,(H,20,21). The van der Waals surface area contributed by atoms with Crippen LogP contribution in [0.2, 0.25) is 0 Å². The number of imidazole rings is 1. The van der Waals surface area contributed by atoms with E-state index in [-0.39, 0.29) is 18.8 Å². The molecule has 7 heteroatoms. The molecule has 134 valence electrons. The van der Waals surface area contributed by atoms with E-state index in [1.807, 2.05) is 19.2 Å². The van der Waals surface area contributed by atoms with E-state index in [4.69, 9.17) is 0 Å². The van der Waals surface area contributed by atoms with Crippen molar-refractivity contribution in [2.24, 2.45) is 0 Å². The number of hydrogen-bond acceptors (Lipinski definition) is 4. The highest BCUT2D eigenvalue weighted by Gasteiger charge is 2.28. The fourth-order valence-electron chi connectivity index (χ4n) is 3.96. The second-order valence-corrected chi connectivity index (χ2v) is 7.02. The molecule has 6 nitrogen and oxygen atoms in total. The van der Waals surface area contributed by atoms with Gasteiger partial charge in [-0.15, -0.1) is 0 Å². The highest BCUT2D eigenvalue weighted by atomic mass is 19.1. The van der Waals surface area contributed by atoms with E-state index in [0.29, 0.717) is 5.82 Å². The van der Waals surface area contributed by atoms with Crippen LogP contribution in [0.1, 0.15) is 44.7 Å². The number of hydrogen-bond donors (Lipinski definition) is 2.